The van der Waals surface area contributed by atoms with Gasteiger partial charge < -0.3 is 50.9 Å². The van der Waals surface area contributed by atoms with Crippen LogP contribution in [0.2, 0.25) is 0 Å². The molecule has 2 rings (SSSR count). The summed E-state index contributed by atoms with van der Waals surface area (Å²) in [6, 6.07) is 0. The van der Waals surface area contributed by atoms with Crippen molar-refractivity contribution in [1.82, 2.24) is 19.1 Å². The van der Waals surface area contributed by atoms with Crippen LogP contribution in [0.3, 0.4) is 0 Å². The van der Waals surface area contributed by atoms with Crippen molar-refractivity contribution in [3.8, 4) is 0 Å². The van der Waals surface area contributed by atoms with Gasteiger partial charge in [0.1, 0.15) is 25.5 Å². The molecule has 2 aromatic heterocycles. The van der Waals surface area contributed by atoms with E-state index in [0.717, 1.165) is 12.4 Å². The van der Waals surface area contributed by atoms with Crippen molar-refractivity contribution < 1.29 is 56.3 Å². The minimum atomic E-state index is -3.13. The summed E-state index contributed by atoms with van der Waals surface area (Å²) in [5.41, 5.74) is 0. The van der Waals surface area contributed by atoms with E-state index in [1.54, 1.807) is 27.7 Å². The van der Waals surface area contributed by atoms with Gasteiger partial charge in [-0.15, -0.1) is 0 Å². The molecule has 0 bridgehead atoms. The second kappa shape index (κ2) is 19.3. The molecule has 0 N–H and O–H groups in total. The van der Waals surface area contributed by atoms with Crippen molar-refractivity contribution in [1.29, 1.82) is 0 Å². The van der Waals surface area contributed by atoms with Crippen LogP contribution in [0.25, 0.3) is 0 Å². The Morgan fingerprint density at radius 1 is 0.659 bits per heavy atom. The van der Waals surface area contributed by atoms with E-state index in [2.05, 4.69) is 9.97 Å². The molecule has 41 heavy (non-hydrogen) atoms. The summed E-state index contributed by atoms with van der Waals surface area (Å²) in [6.07, 6.45) is 2.27. The maximum atomic E-state index is 11.3. The quantitative estimate of drug-likeness (QED) is 0.188. The molecule has 25 heteroatoms. The smallest absolute Gasteiger partial charge is 0.358 e. The number of aromatic nitrogens is 4. The summed E-state index contributed by atoms with van der Waals surface area (Å²) in [5.74, 6) is 0.384. The number of hydrogen-bond donors (Lipinski definition) is 0. The third-order valence-electron chi connectivity index (χ3n) is 4.57. The van der Waals surface area contributed by atoms with Crippen LogP contribution in [-0.2, 0) is 52.2 Å². The number of nitrogens with zero attached hydrogens (tertiary/aromatic N) is 8. The summed E-state index contributed by atoms with van der Waals surface area (Å²) >= 11 is 0. The second-order valence-corrected chi connectivity index (χ2v) is 12.0. The molecular weight excluding hydrogens is 658 g/mol. The molecule has 0 saturated carbocycles. The van der Waals surface area contributed by atoms with Crippen LogP contribution in [-0.4, -0.2) is 79.0 Å². The molecule has 0 atom stereocenters. The molecule has 228 valence electrons. The SMILES string of the molecule is CCS(=O)(=O)CCn1c([N+](=O)[O-])cnc1C.CCS(=O)(=O)CCn1c([N+](=O)[O-])cnc1C.O=[N+]([O-])[O-].O=[N+]([O-])[O-].[Zn+2]. The number of sulfone groups is 2. The first-order valence-corrected chi connectivity index (χ1v) is 14.2. The number of imidazole rings is 2. The Morgan fingerprint density at radius 3 is 1.10 bits per heavy atom. The number of aryl methyl sites for hydroxylation is 2. The average molecular weight is 684 g/mol. The van der Waals surface area contributed by atoms with E-state index < -0.39 is 39.7 Å². The van der Waals surface area contributed by atoms with Gasteiger partial charge in [-0.3, -0.25) is 0 Å². The minimum absolute atomic E-state index is 0. The van der Waals surface area contributed by atoms with E-state index in [9.17, 15) is 37.1 Å². The molecule has 2 aromatic rings. The minimum Gasteiger partial charge on any atom is -0.358 e. The number of rotatable bonds is 10. The van der Waals surface area contributed by atoms with Gasteiger partial charge in [0, 0.05) is 25.4 Å². The molecule has 0 aliphatic rings. The van der Waals surface area contributed by atoms with Crippen molar-refractivity contribution >= 4 is 31.3 Å². The van der Waals surface area contributed by atoms with Crippen molar-refractivity contribution in [3.63, 3.8) is 0 Å². The summed E-state index contributed by atoms with van der Waals surface area (Å²) in [4.78, 5) is 44.2. The van der Waals surface area contributed by atoms with Crippen molar-refractivity contribution in [3.05, 3.63) is 74.9 Å². The fourth-order valence-corrected chi connectivity index (χ4v) is 4.00. The molecule has 0 aliphatic carbocycles. The average Bonchev–Trinajstić information content (AvgIpc) is 3.38. The maximum Gasteiger partial charge on any atom is 2.00 e. The molecule has 0 saturated heterocycles. The van der Waals surface area contributed by atoms with Gasteiger partial charge in [0.15, 0.2) is 31.3 Å². The van der Waals surface area contributed by atoms with Gasteiger partial charge in [0.25, 0.3) is 0 Å². The molecule has 0 aliphatic heterocycles. The summed E-state index contributed by atoms with van der Waals surface area (Å²) in [7, 11) is -6.25. The van der Waals surface area contributed by atoms with E-state index in [-0.39, 0.29) is 67.2 Å². The van der Waals surface area contributed by atoms with Crippen molar-refractivity contribution in [2.75, 3.05) is 23.0 Å². The van der Waals surface area contributed by atoms with Gasteiger partial charge in [0.05, 0.1) is 21.7 Å². The molecule has 0 unspecified atom stereocenters. The van der Waals surface area contributed by atoms with Crippen LogP contribution < -0.4 is 0 Å². The Balaban J connectivity index is -0.000000548. The van der Waals surface area contributed by atoms with Crippen LogP contribution >= 0.6 is 0 Å². The Hall–Kier alpha value is -3.86. The van der Waals surface area contributed by atoms with Crippen LogP contribution in [0.15, 0.2) is 12.4 Å². The summed E-state index contributed by atoms with van der Waals surface area (Å²) in [5, 5.41) is 50.7. The van der Waals surface area contributed by atoms with Gasteiger partial charge >= 0.3 is 31.1 Å². The summed E-state index contributed by atoms with van der Waals surface area (Å²) in [6.45, 7) is 6.43. The predicted octanol–water partition coefficient (Wildman–Crippen LogP) is 0.588. The van der Waals surface area contributed by atoms with Crippen LogP contribution in [0.1, 0.15) is 25.5 Å². The monoisotopic (exact) mass is 682 g/mol. The van der Waals surface area contributed by atoms with E-state index in [1.165, 1.54) is 9.13 Å². The normalized spacial score (nSPS) is 10.2. The first kappa shape index (κ1) is 41.6. The van der Waals surface area contributed by atoms with Gasteiger partial charge in [-0.1, -0.05) is 13.8 Å². The molecule has 0 fully saturated rings. The van der Waals surface area contributed by atoms with Crippen molar-refractivity contribution in [2.45, 2.75) is 40.8 Å². The van der Waals surface area contributed by atoms with E-state index in [4.69, 9.17) is 30.6 Å². The summed E-state index contributed by atoms with van der Waals surface area (Å²) < 4.78 is 47.7. The van der Waals surface area contributed by atoms with Crippen molar-refractivity contribution in [2.24, 2.45) is 0 Å². The standard InChI is InChI=1S/2C8H13N3O4S.2NO3.Zn/c2*1-3-16(14,15)5-4-10-7(2)9-6-8(10)11(12)13;2*2-1(3)4;/h2*6H,3-5H2,1-2H3;;;/q;;2*-1;+2. The van der Waals surface area contributed by atoms with Gasteiger partial charge in [-0.25, -0.2) is 35.9 Å². The third-order valence-corrected chi connectivity index (χ3v) is 7.94. The van der Waals surface area contributed by atoms with E-state index in [0.29, 0.717) is 11.6 Å². The first-order valence-electron chi connectivity index (χ1n) is 10.6. The van der Waals surface area contributed by atoms with Gasteiger partial charge in [0.2, 0.25) is 0 Å². The molecule has 0 radical (unpaired) electrons. The Bertz CT molecular complexity index is 1260. The zero-order chi connectivity index (χ0) is 31.8. The third kappa shape index (κ3) is 18.2. The number of nitro groups is 2. The van der Waals surface area contributed by atoms with Crippen LogP contribution in [0.5, 0.6) is 0 Å². The molecule has 0 aromatic carbocycles. The van der Waals surface area contributed by atoms with Gasteiger partial charge in [-0.05, 0) is 9.85 Å². The Kier molecular flexibility index (Phi) is 19.6. The molecule has 22 nitrogen and oxygen atoms in total. The van der Waals surface area contributed by atoms with E-state index >= 15 is 0 Å². The predicted molar refractivity (Wildman–Crippen MR) is 137 cm³/mol. The number of hydrogen-bond acceptors (Lipinski definition) is 16. The molecule has 0 amide bonds. The second-order valence-electron chi connectivity index (χ2n) is 7.06. The Morgan fingerprint density at radius 2 is 0.902 bits per heavy atom. The zero-order valence-electron chi connectivity index (χ0n) is 22.2. The fourth-order valence-electron chi connectivity index (χ4n) is 2.51. The van der Waals surface area contributed by atoms with Gasteiger partial charge in [-0.2, -0.15) is 0 Å². The molecule has 0 spiro atoms. The first-order chi connectivity index (χ1) is 18.2. The molecular formula is C16H26N8O14S2Zn. The van der Waals surface area contributed by atoms with Crippen LogP contribution in [0.4, 0.5) is 11.6 Å². The zero-order valence-corrected chi connectivity index (χ0v) is 26.8. The fraction of sp³-hybridized carbons (Fsp3) is 0.625. The topological polar surface area (TPSA) is 323 Å². The largest absolute Gasteiger partial charge is 2.00 e. The molecule has 2 heterocycles. The maximum absolute atomic E-state index is 11.3. The van der Waals surface area contributed by atoms with E-state index in [1.807, 2.05) is 0 Å². The van der Waals surface area contributed by atoms with Crippen LogP contribution in [0, 0.1) is 64.7 Å². The Labute approximate surface area is 245 Å².